The zero-order chi connectivity index (χ0) is 21.8. The van der Waals surface area contributed by atoms with E-state index in [0.717, 1.165) is 55.6 Å². The van der Waals surface area contributed by atoms with Gasteiger partial charge in [0.25, 0.3) is 5.56 Å². The molecule has 6 nitrogen and oxygen atoms in total. The topological polar surface area (TPSA) is 59.4 Å². The lowest BCUT2D eigenvalue weighted by Gasteiger charge is -2.32. The number of methoxy groups -OCH3 is 1. The van der Waals surface area contributed by atoms with Gasteiger partial charge in [0, 0.05) is 37.8 Å². The minimum Gasteiger partial charge on any atom is -0.495 e. The third-order valence-electron chi connectivity index (χ3n) is 5.85. The van der Waals surface area contributed by atoms with Crippen molar-refractivity contribution in [2.45, 2.75) is 32.0 Å². The van der Waals surface area contributed by atoms with Crippen molar-refractivity contribution in [1.82, 2.24) is 19.8 Å². The van der Waals surface area contributed by atoms with Crippen molar-refractivity contribution in [1.29, 1.82) is 0 Å². The minimum absolute atomic E-state index is 0. The van der Waals surface area contributed by atoms with E-state index in [1.807, 2.05) is 24.3 Å². The Morgan fingerprint density at radius 1 is 1.06 bits per heavy atom. The molecule has 0 bridgehead atoms. The lowest BCUT2D eigenvalue weighted by Crippen LogP contribution is -2.43. The van der Waals surface area contributed by atoms with Gasteiger partial charge in [0.05, 0.1) is 34.4 Å². The van der Waals surface area contributed by atoms with Crippen LogP contribution in [0.25, 0.3) is 11.0 Å². The summed E-state index contributed by atoms with van der Waals surface area (Å²) in [6.45, 7) is 4.24. The molecule has 3 aromatic rings. The lowest BCUT2D eigenvalue weighted by atomic mass is 10.0. The molecule has 3 heterocycles. The van der Waals surface area contributed by atoms with Crippen molar-refractivity contribution in [3.63, 3.8) is 0 Å². The van der Waals surface area contributed by atoms with Crippen LogP contribution in [0.2, 0.25) is 10.0 Å². The Kier molecular flexibility index (Phi) is 10.7. The third-order valence-corrected chi connectivity index (χ3v) is 6.59. The Bertz CT molecular complexity index is 1120. The Balaban J connectivity index is 0.00000193. The molecule has 2 aromatic heterocycles. The summed E-state index contributed by atoms with van der Waals surface area (Å²) in [4.78, 5) is 19.3. The molecular weight excluding hydrogens is 506 g/mol. The fourth-order valence-electron chi connectivity index (χ4n) is 4.00. The van der Waals surface area contributed by atoms with Crippen molar-refractivity contribution in [2.75, 3.05) is 26.7 Å². The van der Waals surface area contributed by atoms with E-state index < -0.39 is 0 Å². The SMILES string of the molecule is COc1cnc2ccc(=O)n(CCN3CCC(NCc4ccc(Cl)c(Cl)c4)CC3)c2c1.Cl.Cl. The van der Waals surface area contributed by atoms with Crippen LogP contribution in [0.15, 0.2) is 47.4 Å². The number of pyridine rings is 2. The molecule has 180 valence electrons. The van der Waals surface area contributed by atoms with E-state index in [9.17, 15) is 4.79 Å². The predicted molar refractivity (Wildman–Crippen MR) is 140 cm³/mol. The number of benzene rings is 1. The molecule has 1 aliphatic rings. The van der Waals surface area contributed by atoms with Crippen molar-refractivity contribution < 1.29 is 4.74 Å². The molecule has 4 rings (SSSR count). The zero-order valence-corrected chi connectivity index (χ0v) is 21.4. The summed E-state index contributed by atoms with van der Waals surface area (Å²) in [5.41, 5.74) is 2.73. The summed E-state index contributed by atoms with van der Waals surface area (Å²) in [5, 5.41) is 4.79. The number of nitrogens with one attached hydrogen (secondary N) is 1. The fourth-order valence-corrected chi connectivity index (χ4v) is 4.33. The fraction of sp³-hybridized carbons (Fsp3) is 0.391. The van der Waals surface area contributed by atoms with Gasteiger partial charge in [-0.15, -0.1) is 24.8 Å². The van der Waals surface area contributed by atoms with Gasteiger partial charge in [0.1, 0.15) is 5.75 Å². The molecule has 0 aliphatic carbocycles. The van der Waals surface area contributed by atoms with Gasteiger partial charge in [-0.3, -0.25) is 9.78 Å². The summed E-state index contributed by atoms with van der Waals surface area (Å²) < 4.78 is 7.07. The van der Waals surface area contributed by atoms with Gasteiger partial charge in [-0.05, 0) is 49.7 Å². The molecule has 1 aliphatic heterocycles. The Labute approximate surface area is 216 Å². The summed E-state index contributed by atoms with van der Waals surface area (Å²) in [6.07, 6.45) is 3.81. The highest BCUT2D eigenvalue weighted by atomic mass is 35.5. The molecule has 0 atom stereocenters. The van der Waals surface area contributed by atoms with Crippen molar-refractivity contribution in [3.05, 3.63) is 68.6 Å². The first-order valence-corrected chi connectivity index (χ1v) is 11.2. The highest BCUT2D eigenvalue weighted by Crippen LogP contribution is 2.23. The van der Waals surface area contributed by atoms with Gasteiger partial charge in [0.15, 0.2) is 0 Å². The molecule has 33 heavy (non-hydrogen) atoms. The molecule has 0 amide bonds. The standard InChI is InChI=1S/C23H26Cl2N4O2.2ClH/c1-31-18-13-22-21(27-15-18)4-5-23(30)29(22)11-10-28-8-6-17(7-9-28)26-14-16-2-3-19(24)20(25)12-16;;/h2-5,12-13,15,17,26H,6-11,14H2,1H3;2*1H. The lowest BCUT2D eigenvalue weighted by molar-refractivity contribution is 0.191. The second-order valence-corrected chi connectivity index (χ2v) is 8.66. The maximum atomic E-state index is 12.5. The van der Waals surface area contributed by atoms with E-state index in [1.165, 1.54) is 0 Å². The number of rotatable bonds is 7. The summed E-state index contributed by atoms with van der Waals surface area (Å²) in [6, 6.07) is 11.5. The summed E-state index contributed by atoms with van der Waals surface area (Å²) >= 11 is 12.1. The van der Waals surface area contributed by atoms with E-state index in [0.29, 0.717) is 28.4 Å². The normalized spacial score (nSPS) is 14.5. The first-order chi connectivity index (χ1) is 15.0. The van der Waals surface area contributed by atoms with Gasteiger partial charge in [-0.1, -0.05) is 29.3 Å². The highest BCUT2D eigenvalue weighted by Gasteiger charge is 2.19. The van der Waals surface area contributed by atoms with Crippen LogP contribution < -0.4 is 15.6 Å². The number of likely N-dealkylation sites (tertiary alicyclic amines) is 1. The quantitative estimate of drug-likeness (QED) is 0.472. The number of halogens is 4. The van der Waals surface area contributed by atoms with Gasteiger partial charge >= 0.3 is 0 Å². The molecule has 0 unspecified atom stereocenters. The Morgan fingerprint density at radius 2 is 1.82 bits per heavy atom. The number of hydrogen-bond donors (Lipinski definition) is 1. The summed E-state index contributed by atoms with van der Waals surface area (Å²) in [5.74, 6) is 0.653. The summed E-state index contributed by atoms with van der Waals surface area (Å²) in [7, 11) is 1.61. The number of hydrogen-bond acceptors (Lipinski definition) is 5. The minimum atomic E-state index is -0.0132. The highest BCUT2D eigenvalue weighted by molar-refractivity contribution is 6.42. The molecule has 0 saturated carbocycles. The van der Waals surface area contributed by atoms with Crippen molar-refractivity contribution in [3.8, 4) is 5.75 Å². The maximum absolute atomic E-state index is 12.5. The maximum Gasteiger partial charge on any atom is 0.251 e. The van der Waals surface area contributed by atoms with Crippen molar-refractivity contribution >= 4 is 59.0 Å². The molecule has 1 N–H and O–H groups in total. The number of nitrogens with zero attached hydrogens (tertiary/aromatic N) is 3. The Hall–Kier alpha value is -1.54. The molecule has 0 radical (unpaired) electrons. The van der Waals surface area contributed by atoms with E-state index in [-0.39, 0.29) is 30.4 Å². The second kappa shape index (κ2) is 12.8. The van der Waals surface area contributed by atoms with Crippen LogP contribution in [0.1, 0.15) is 18.4 Å². The average molecular weight is 534 g/mol. The largest absolute Gasteiger partial charge is 0.495 e. The molecule has 1 fully saturated rings. The van der Waals surface area contributed by atoms with Gasteiger partial charge < -0.3 is 19.5 Å². The second-order valence-electron chi connectivity index (χ2n) is 7.85. The Morgan fingerprint density at radius 3 is 2.52 bits per heavy atom. The van der Waals surface area contributed by atoms with Crippen LogP contribution in [0.3, 0.4) is 0 Å². The van der Waals surface area contributed by atoms with Crippen LogP contribution in [0.4, 0.5) is 0 Å². The molecule has 10 heteroatoms. The van der Waals surface area contributed by atoms with Crippen LogP contribution in [0.5, 0.6) is 5.75 Å². The number of aromatic nitrogens is 2. The number of fused-ring (bicyclic) bond motifs is 1. The average Bonchev–Trinajstić information content (AvgIpc) is 2.79. The third kappa shape index (κ3) is 6.98. The van der Waals surface area contributed by atoms with Crippen LogP contribution in [-0.2, 0) is 13.1 Å². The van der Waals surface area contributed by atoms with Crippen LogP contribution in [-0.4, -0.2) is 47.2 Å². The number of ether oxygens (including phenoxy) is 1. The molecule has 0 spiro atoms. The van der Waals surface area contributed by atoms with Gasteiger partial charge in [-0.2, -0.15) is 0 Å². The van der Waals surface area contributed by atoms with Crippen LogP contribution in [0, 0.1) is 0 Å². The first-order valence-electron chi connectivity index (χ1n) is 10.5. The molecule has 1 saturated heterocycles. The van der Waals surface area contributed by atoms with Crippen LogP contribution >= 0.6 is 48.0 Å². The molecule has 1 aromatic carbocycles. The van der Waals surface area contributed by atoms with E-state index in [2.05, 4.69) is 15.2 Å². The molecular formula is C23H28Cl4N4O2. The number of piperidine rings is 1. The first kappa shape index (κ1) is 27.7. The van der Waals surface area contributed by atoms with E-state index >= 15 is 0 Å². The monoisotopic (exact) mass is 532 g/mol. The van der Waals surface area contributed by atoms with E-state index in [1.54, 1.807) is 30.0 Å². The van der Waals surface area contributed by atoms with Gasteiger partial charge in [0.2, 0.25) is 0 Å². The predicted octanol–water partition coefficient (Wildman–Crippen LogP) is 4.81. The smallest absolute Gasteiger partial charge is 0.251 e. The van der Waals surface area contributed by atoms with Crippen molar-refractivity contribution in [2.24, 2.45) is 0 Å². The zero-order valence-electron chi connectivity index (χ0n) is 18.3. The van der Waals surface area contributed by atoms with E-state index in [4.69, 9.17) is 27.9 Å². The van der Waals surface area contributed by atoms with Gasteiger partial charge in [-0.25, -0.2) is 0 Å².